The zero-order valence-corrected chi connectivity index (χ0v) is 11.7. The van der Waals surface area contributed by atoms with E-state index in [1.807, 2.05) is 4.90 Å². The molecule has 3 atom stereocenters. The topological polar surface area (TPSA) is 70.1 Å². The van der Waals surface area contributed by atoms with Gasteiger partial charge in [-0.25, -0.2) is 9.59 Å². The van der Waals surface area contributed by atoms with Crippen LogP contribution in [-0.2, 0) is 9.53 Å². The maximum Gasteiger partial charge on any atom is 0.326 e. The molecule has 3 aliphatic rings. The Morgan fingerprint density at radius 3 is 2.60 bits per heavy atom. The molecule has 6 heteroatoms. The maximum absolute atomic E-state index is 12.7. The van der Waals surface area contributed by atoms with Crippen LogP contribution in [-0.4, -0.2) is 64.8 Å². The number of carboxylic acid groups (broad SMARTS) is 1. The molecule has 2 aliphatic heterocycles. The Hall–Kier alpha value is -1.30. The first-order valence-corrected chi connectivity index (χ1v) is 7.60. The van der Waals surface area contributed by atoms with Gasteiger partial charge in [-0.3, -0.25) is 0 Å². The highest BCUT2D eigenvalue weighted by atomic mass is 16.5. The molecule has 3 fully saturated rings. The van der Waals surface area contributed by atoms with Gasteiger partial charge >= 0.3 is 12.0 Å². The minimum absolute atomic E-state index is 0.102. The number of ether oxygens (including phenoxy) is 1. The van der Waals surface area contributed by atoms with Crippen LogP contribution in [0.5, 0.6) is 0 Å². The van der Waals surface area contributed by atoms with E-state index < -0.39 is 12.0 Å². The first-order valence-electron chi connectivity index (χ1n) is 7.60. The number of hydrogen-bond donors (Lipinski definition) is 1. The van der Waals surface area contributed by atoms with Crippen molar-refractivity contribution in [3.8, 4) is 0 Å². The fourth-order valence-corrected chi connectivity index (χ4v) is 3.75. The molecule has 1 saturated carbocycles. The summed E-state index contributed by atoms with van der Waals surface area (Å²) in [6, 6.07) is -0.609. The Bertz CT molecular complexity index is 399. The lowest BCUT2D eigenvalue weighted by molar-refractivity contribution is -0.141. The molecule has 0 aromatic heterocycles. The summed E-state index contributed by atoms with van der Waals surface area (Å²) < 4.78 is 5.77. The molecule has 112 valence electrons. The summed E-state index contributed by atoms with van der Waals surface area (Å²) in [5.74, 6) is -0.885. The molecule has 0 aromatic rings. The van der Waals surface area contributed by atoms with Crippen LogP contribution in [0.25, 0.3) is 0 Å². The summed E-state index contributed by atoms with van der Waals surface area (Å²) in [6.45, 7) is 1.71. The van der Waals surface area contributed by atoms with Gasteiger partial charge in [0.05, 0.1) is 18.8 Å². The number of amides is 2. The number of likely N-dealkylation sites (tertiary alicyclic amines) is 1. The quantitative estimate of drug-likeness (QED) is 0.787. The molecular weight excluding hydrogens is 260 g/mol. The van der Waals surface area contributed by atoms with E-state index in [0.717, 1.165) is 32.1 Å². The number of morpholine rings is 1. The molecular formula is C14H22N2O4. The van der Waals surface area contributed by atoms with E-state index in [-0.39, 0.29) is 18.2 Å². The number of fused-ring (bicyclic) bond motifs is 1. The molecule has 0 spiro atoms. The first-order chi connectivity index (χ1) is 9.68. The van der Waals surface area contributed by atoms with Crippen molar-refractivity contribution >= 4 is 12.0 Å². The van der Waals surface area contributed by atoms with Crippen molar-refractivity contribution in [2.45, 2.75) is 56.7 Å². The van der Waals surface area contributed by atoms with E-state index in [1.165, 1.54) is 0 Å². The second-order valence-electron chi connectivity index (χ2n) is 5.93. The summed E-state index contributed by atoms with van der Waals surface area (Å²) >= 11 is 0. The minimum Gasteiger partial charge on any atom is -0.480 e. The van der Waals surface area contributed by atoms with Gasteiger partial charge in [-0.1, -0.05) is 12.8 Å². The number of nitrogens with zero attached hydrogens (tertiary/aromatic N) is 2. The van der Waals surface area contributed by atoms with Gasteiger partial charge in [0.2, 0.25) is 0 Å². The van der Waals surface area contributed by atoms with Gasteiger partial charge in [0.25, 0.3) is 0 Å². The summed E-state index contributed by atoms with van der Waals surface area (Å²) in [6.07, 6.45) is 5.76. The van der Waals surface area contributed by atoms with Gasteiger partial charge in [0.1, 0.15) is 6.04 Å². The zero-order chi connectivity index (χ0) is 14.1. The summed E-state index contributed by atoms with van der Waals surface area (Å²) in [5.41, 5.74) is 0. The SMILES string of the molecule is O=C(O)C1CCCN1C(=O)N1CCOC2CCCCC21. The van der Waals surface area contributed by atoms with E-state index in [1.54, 1.807) is 4.90 Å². The highest BCUT2D eigenvalue weighted by Gasteiger charge is 2.42. The van der Waals surface area contributed by atoms with Gasteiger partial charge < -0.3 is 19.6 Å². The zero-order valence-electron chi connectivity index (χ0n) is 11.7. The number of hydrogen-bond acceptors (Lipinski definition) is 3. The molecule has 1 N–H and O–H groups in total. The van der Waals surface area contributed by atoms with Crippen LogP contribution >= 0.6 is 0 Å². The molecule has 1 aliphatic carbocycles. The lowest BCUT2D eigenvalue weighted by Gasteiger charge is -2.45. The second kappa shape index (κ2) is 5.60. The van der Waals surface area contributed by atoms with Crippen LogP contribution in [0.3, 0.4) is 0 Å². The largest absolute Gasteiger partial charge is 0.480 e. The monoisotopic (exact) mass is 282 g/mol. The van der Waals surface area contributed by atoms with E-state index in [4.69, 9.17) is 4.74 Å². The summed E-state index contributed by atoms with van der Waals surface area (Å²) in [7, 11) is 0. The number of urea groups is 1. The van der Waals surface area contributed by atoms with Crippen LogP contribution in [0, 0.1) is 0 Å². The van der Waals surface area contributed by atoms with E-state index >= 15 is 0 Å². The highest BCUT2D eigenvalue weighted by molar-refractivity contribution is 5.83. The van der Waals surface area contributed by atoms with Crippen LogP contribution < -0.4 is 0 Å². The third kappa shape index (κ3) is 2.37. The van der Waals surface area contributed by atoms with Crippen molar-refractivity contribution in [2.75, 3.05) is 19.7 Å². The van der Waals surface area contributed by atoms with Gasteiger partial charge in [-0.15, -0.1) is 0 Å². The van der Waals surface area contributed by atoms with Gasteiger partial charge in [0, 0.05) is 13.1 Å². The molecule has 0 bridgehead atoms. The Morgan fingerprint density at radius 2 is 1.80 bits per heavy atom. The van der Waals surface area contributed by atoms with Crippen LogP contribution in [0.2, 0.25) is 0 Å². The smallest absolute Gasteiger partial charge is 0.326 e. The number of carboxylic acids is 1. The Balaban J connectivity index is 1.73. The van der Waals surface area contributed by atoms with Gasteiger partial charge in [0.15, 0.2) is 0 Å². The molecule has 2 heterocycles. The molecule has 2 saturated heterocycles. The van der Waals surface area contributed by atoms with E-state index in [9.17, 15) is 14.7 Å². The number of aliphatic carboxylic acids is 1. The molecule has 0 radical (unpaired) electrons. The molecule has 3 unspecified atom stereocenters. The predicted octanol–water partition coefficient (Wildman–Crippen LogP) is 1.30. The van der Waals surface area contributed by atoms with Crippen molar-refractivity contribution in [2.24, 2.45) is 0 Å². The molecule has 0 aromatic carbocycles. The Labute approximate surface area is 118 Å². The average Bonchev–Trinajstić information content (AvgIpc) is 2.95. The molecule has 6 nitrogen and oxygen atoms in total. The van der Waals surface area contributed by atoms with E-state index in [2.05, 4.69) is 0 Å². The second-order valence-corrected chi connectivity index (χ2v) is 5.93. The normalized spacial score (nSPS) is 33.9. The minimum atomic E-state index is -0.885. The standard InChI is InChI=1S/C14H22N2O4/c17-13(18)11-5-3-7-15(11)14(19)16-8-9-20-12-6-2-1-4-10(12)16/h10-12H,1-9H2,(H,17,18). The molecule has 3 rings (SSSR count). The maximum atomic E-state index is 12.7. The van der Waals surface area contributed by atoms with Gasteiger partial charge in [-0.2, -0.15) is 0 Å². The fraction of sp³-hybridized carbons (Fsp3) is 0.857. The van der Waals surface area contributed by atoms with Crippen molar-refractivity contribution in [3.05, 3.63) is 0 Å². The van der Waals surface area contributed by atoms with Crippen molar-refractivity contribution in [1.29, 1.82) is 0 Å². The summed E-state index contributed by atoms with van der Waals surface area (Å²) in [4.78, 5) is 27.4. The van der Waals surface area contributed by atoms with Crippen molar-refractivity contribution < 1.29 is 19.4 Å². The predicted molar refractivity (Wildman–Crippen MR) is 71.5 cm³/mol. The number of rotatable bonds is 1. The average molecular weight is 282 g/mol. The lowest BCUT2D eigenvalue weighted by atomic mass is 9.90. The third-order valence-corrected chi connectivity index (χ3v) is 4.76. The first kappa shape index (κ1) is 13.7. The van der Waals surface area contributed by atoms with Crippen molar-refractivity contribution in [3.63, 3.8) is 0 Å². The van der Waals surface area contributed by atoms with Crippen LogP contribution in [0.4, 0.5) is 4.79 Å². The number of carbonyl (C=O) groups excluding carboxylic acids is 1. The van der Waals surface area contributed by atoms with E-state index in [0.29, 0.717) is 26.1 Å². The van der Waals surface area contributed by atoms with Gasteiger partial charge in [-0.05, 0) is 25.7 Å². The van der Waals surface area contributed by atoms with Crippen LogP contribution in [0.1, 0.15) is 38.5 Å². The third-order valence-electron chi connectivity index (χ3n) is 4.76. The van der Waals surface area contributed by atoms with Crippen molar-refractivity contribution in [1.82, 2.24) is 9.80 Å². The Morgan fingerprint density at radius 1 is 1.00 bits per heavy atom. The summed E-state index contributed by atoms with van der Waals surface area (Å²) in [5, 5.41) is 9.23. The molecule has 20 heavy (non-hydrogen) atoms. The van der Waals surface area contributed by atoms with Crippen LogP contribution in [0.15, 0.2) is 0 Å². The highest BCUT2D eigenvalue weighted by Crippen LogP contribution is 2.30. The Kier molecular flexibility index (Phi) is 3.83. The molecule has 2 amide bonds. The lowest BCUT2D eigenvalue weighted by Crippen LogP contribution is -2.59. The number of carbonyl (C=O) groups is 2. The fourth-order valence-electron chi connectivity index (χ4n) is 3.75.